The zero-order valence-electron chi connectivity index (χ0n) is 12.5. The third-order valence-electron chi connectivity index (χ3n) is 3.89. The van der Waals surface area contributed by atoms with Crippen molar-refractivity contribution in [2.45, 2.75) is 13.0 Å². The first-order valence-corrected chi connectivity index (χ1v) is 7.82. The summed E-state index contributed by atoms with van der Waals surface area (Å²) >= 11 is 0. The molecule has 3 rings (SSSR count). The first-order valence-electron chi connectivity index (χ1n) is 7.82. The Morgan fingerprint density at radius 3 is 2.81 bits per heavy atom. The third kappa shape index (κ3) is 4.09. The highest BCUT2D eigenvalue weighted by Crippen LogP contribution is 2.33. The number of hydrogen-bond donors (Lipinski definition) is 1. The van der Waals surface area contributed by atoms with Crippen LogP contribution in [0, 0.1) is 0 Å². The van der Waals surface area contributed by atoms with E-state index in [1.54, 1.807) is 0 Å². The summed E-state index contributed by atoms with van der Waals surface area (Å²) in [5.41, 5.74) is 1.18. The van der Waals surface area contributed by atoms with Gasteiger partial charge < -0.3 is 19.5 Å². The average molecular weight is 292 g/mol. The summed E-state index contributed by atoms with van der Waals surface area (Å²) in [6, 6.07) is 6.09. The van der Waals surface area contributed by atoms with Crippen molar-refractivity contribution in [2.75, 3.05) is 52.6 Å². The lowest BCUT2D eigenvalue weighted by Gasteiger charge is -2.26. The lowest BCUT2D eigenvalue weighted by Crippen LogP contribution is -2.37. The smallest absolute Gasteiger partial charge is 0.165 e. The number of ether oxygens (including phenoxy) is 3. The Hall–Kier alpha value is -1.30. The van der Waals surface area contributed by atoms with E-state index in [0.29, 0.717) is 13.2 Å². The molecule has 0 amide bonds. The summed E-state index contributed by atoms with van der Waals surface area (Å²) in [5.74, 6) is 1.78. The first kappa shape index (κ1) is 14.6. The lowest BCUT2D eigenvalue weighted by molar-refractivity contribution is 0.0374. The van der Waals surface area contributed by atoms with E-state index in [2.05, 4.69) is 16.3 Å². The quantitative estimate of drug-likeness (QED) is 0.800. The molecule has 0 atom stereocenters. The number of benzene rings is 1. The molecule has 0 aromatic heterocycles. The number of fused-ring (bicyclic) bond motifs is 1. The van der Waals surface area contributed by atoms with E-state index in [1.165, 1.54) is 5.56 Å². The van der Waals surface area contributed by atoms with Crippen LogP contribution in [-0.4, -0.2) is 57.5 Å². The maximum atomic E-state index is 5.72. The summed E-state index contributed by atoms with van der Waals surface area (Å²) in [4.78, 5) is 2.46. The van der Waals surface area contributed by atoms with Crippen molar-refractivity contribution in [1.82, 2.24) is 10.2 Å². The average Bonchev–Trinajstić information content (AvgIpc) is 2.56. The fourth-order valence-electron chi connectivity index (χ4n) is 2.75. The second kappa shape index (κ2) is 7.64. The zero-order chi connectivity index (χ0) is 14.3. The van der Waals surface area contributed by atoms with Crippen molar-refractivity contribution in [3.8, 4) is 11.5 Å². The summed E-state index contributed by atoms with van der Waals surface area (Å²) in [6.07, 6.45) is 1.16. The summed E-state index contributed by atoms with van der Waals surface area (Å²) in [7, 11) is 0. The van der Waals surface area contributed by atoms with E-state index in [4.69, 9.17) is 14.2 Å². The van der Waals surface area contributed by atoms with Crippen molar-refractivity contribution >= 4 is 0 Å². The first-order chi connectivity index (χ1) is 10.4. The minimum atomic E-state index is 0.640. The highest BCUT2D eigenvalue weighted by atomic mass is 16.6. The van der Waals surface area contributed by atoms with Gasteiger partial charge in [0.25, 0.3) is 0 Å². The van der Waals surface area contributed by atoms with Crippen molar-refractivity contribution in [3.63, 3.8) is 0 Å². The molecule has 5 heteroatoms. The van der Waals surface area contributed by atoms with Crippen LogP contribution in [0.5, 0.6) is 11.5 Å². The maximum absolute atomic E-state index is 5.72. The van der Waals surface area contributed by atoms with Gasteiger partial charge >= 0.3 is 0 Å². The predicted molar refractivity (Wildman–Crippen MR) is 81.0 cm³/mol. The van der Waals surface area contributed by atoms with Gasteiger partial charge in [-0.1, -0.05) is 12.1 Å². The molecule has 0 radical (unpaired) electrons. The summed E-state index contributed by atoms with van der Waals surface area (Å²) in [6.45, 7) is 8.15. The van der Waals surface area contributed by atoms with Gasteiger partial charge in [0.05, 0.1) is 13.2 Å². The molecule has 2 aliphatic heterocycles. The van der Waals surface area contributed by atoms with E-state index >= 15 is 0 Å². The van der Waals surface area contributed by atoms with Crippen molar-refractivity contribution < 1.29 is 14.2 Å². The van der Waals surface area contributed by atoms with Crippen molar-refractivity contribution in [1.29, 1.82) is 0 Å². The molecule has 2 heterocycles. The number of hydrogen-bond acceptors (Lipinski definition) is 5. The van der Waals surface area contributed by atoms with E-state index in [0.717, 1.165) is 63.9 Å². The molecular formula is C16H24N2O3. The molecule has 1 aromatic rings. The molecule has 1 N–H and O–H groups in total. The van der Waals surface area contributed by atoms with Crippen LogP contribution in [0.3, 0.4) is 0 Å². The highest BCUT2D eigenvalue weighted by molar-refractivity contribution is 5.47. The largest absolute Gasteiger partial charge is 0.486 e. The fourth-order valence-corrected chi connectivity index (χ4v) is 2.75. The van der Waals surface area contributed by atoms with Gasteiger partial charge in [0.1, 0.15) is 13.2 Å². The molecule has 0 saturated carbocycles. The lowest BCUT2D eigenvalue weighted by atomic mass is 10.1. The maximum Gasteiger partial charge on any atom is 0.165 e. The Morgan fingerprint density at radius 2 is 1.90 bits per heavy atom. The van der Waals surface area contributed by atoms with E-state index in [1.807, 2.05) is 12.1 Å². The Morgan fingerprint density at radius 1 is 1.05 bits per heavy atom. The van der Waals surface area contributed by atoms with Crippen LogP contribution in [0.1, 0.15) is 12.0 Å². The van der Waals surface area contributed by atoms with Gasteiger partial charge in [-0.25, -0.2) is 0 Å². The third-order valence-corrected chi connectivity index (χ3v) is 3.89. The summed E-state index contributed by atoms with van der Waals surface area (Å²) < 4.78 is 16.7. The molecule has 0 bridgehead atoms. The number of nitrogens with zero attached hydrogens (tertiary/aromatic N) is 1. The van der Waals surface area contributed by atoms with Gasteiger partial charge in [-0.3, -0.25) is 4.90 Å². The monoisotopic (exact) mass is 292 g/mol. The van der Waals surface area contributed by atoms with Gasteiger partial charge in [-0.05, 0) is 25.6 Å². The van der Waals surface area contributed by atoms with Crippen LogP contribution in [0.2, 0.25) is 0 Å². The molecule has 0 aliphatic carbocycles. The zero-order valence-corrected chi connectivity index (χ0v) is 12.5. The predicted octanol–water partition coefficient (Wildman–Crippen LogP) is 1.27. The molecular weight excluding hydrogens is 268 g/mol. The molecule has 1 saturated heterocycles. The Bertz CT molecular complexity index is 447. The second-order valence-corrected chi connectivity index (χ2v) is 5.43. The molecule has 0 spiro atoms. The number of nitrogens with one attached hydrogen (secondary N) is 1. The number of rotatable bonds is 6. The number of para-hydroxylation sites is 1. The molecule has 1 fully saturated rings. The van der Waals surface area contributed by atoms with Crippen molar-refractivity contribution in [3.05, 3.63) is 23.8 Å². The minimum absolute atomic E-state index is 0.640. The molecule has 2 aliphatic rings. The highest BCUT2D eigenvalue weighted by Gasteiger charge is 2.15. The SMILES string of the molecule is c1cc(CNCCCN2CCOCC2)c2c(c1)OCCO2. The van der Waals surface area contributed by atoms with Crippen LogP contribution < -0.4 is 14.8 Å². The van der Waals surface area contributed by atoms with Crippen LogP contribution in [0.25, 0.3) is 0 Å². The summed E-state index contributed by atoms with van der Waals surface area (Å²) in [5, 5.41) is 3.50. The molecule has 21 heavy (non-hydrogen) atoms. The van der Waals surface area contributed by atoms with E-state index in [9.17, 15) is 0 Å². The topological polar surface area (TPSA) is 43.0 Å². The minimum Gasteiger partial charge on any atom is -0.486 e. The van der Waals surface area contributed by atoms with Gasteiger partial charge in [0.15, 0.2) is 11.5 Å². The Kier molecular flexibility index (Phi) is 5.32. The molecule has 5 nitrogen and oxygen atoms in total. The fraction of sp³-hybridized carbons (Fsp3) is 0.625. The van der Waals surface area contributed by atoms with E-state index in [-0.39, 0.29) is 0 Å². The standard InChI is InChI=1S/C16H24N2O3/c1-3-14(16-15(4-1)20-11-12-21-16)13-17-5-2-6-18-7-9-19-10-8-18/h1,3-4,17H,2,5-13H2. The Balaban J connectivity index is 1.39. The molecule has 0 unspecified atom stereocenters. The van der Waals surface area contributed by atoms with E-state index < -0.39 is 0 Å². The van der Waals surface area contributed by atoms with Crippen LogP contribution in [-0.2, 0) is 11.3 Å². The Labute approximate surface area is 126 Å². The molecule has 116 valence electrons. The van der Waals surface area contributed by atoms with Gasteiger partial charge in [0, 0.05) is 25.2 Å². The van der Waals surface area contributed by atoms with Crippen LogP contribution >= 0.6 is 0 Å². The second-order valence-electron chi connectivity index (χ2n) is 5.43. The van der Waals surface area contributed by atoms with Gasteiger partial charge in [-0.2, -0.15) is 0 Å². The van der Waals surface area contributed by atoms with Crippen LogP contribution in [0.15, 0.2) is 18.2 Å². The van der Waals surface area contributed by atoms with Crippen LogP contribution in [0.4, 0.5) is 0 Å². The van der Waals surface area contributed by atoms with Crippen molar-refractivity contribution in [2.24, 2.45) is 0 Å². The molecule has 1 aromatic carbocycles. The number of morpholine rings is 1. The van der Waals surface area contributed by atoms with Gasteiger partial charge in [-0.15, -0.1) is 0 Å². The normalized spacial score (nSPS) is 18.7. The van der Waals surface area contributed by atoms with Gasteiger partial charge in [0.2, 0.25) is 0 Å².